The molecule has 0 fully saturated rings. The van der Waals surface area contributed by atoms with Gasteiger partial charge in [-0.3, -0.25) is 14.9 Å². The zero-order valence-corrected chi connectivity index (χ0v) is 13.7. The van der Waals surface area contributed by atoms with E-state index in [1.807, 2.05) is 22.9 Å². The first-order chi connectivity index (χ1) is 11.7. The van der Waals surface area contributed by atoms with Gasteiger partial charge in [0.25, 0.3) is 11.8 Å². The van der Waals surface area contributed by atoms with Crippen molar-refractivity contribution < 1.29 is 14.7 Å². The van der Waals surface area contributed by atoms with Gasteiger partial charge in [0.1, 0.15) is 5.65 Å². The van der Waals surface area contributed by atoms with Crippen molar-refractivity contribution in [2.45, 2.75) is 39.2 Å². The van der Waals surface area contributed by atoms with Crippen molar-refractivity contribution in [2.24, 2.45) is 0 Å². The summed E-state index contributed by atoms with van der Waals surface area (Å²) in [6.07, 6.45) is 6.58. The van der Waals surface area contributed by atoms with E-state index in [4.69, 9.17) is 5.11 Å². The highest BCUT2D eigenvalue weighted by Crippen LogP contribution is 2.33. The van der Waals surface area contributed by atoms with Crippen molar-refractivity contribution in [1.82, 2.24) is 14.9 Å². The summed E-state index contributed by atoms with van der Waals surface area (Å²) in [4.78, 5) is 28.9. The molecule has 2 aromatic rings. The SMILES string of the molecule is CCCCC1=C(c2cn(CCCO)c3ncccc23)C(=O)NC1=O. The number of aliphatic hydroxyl groups excluding tert-OH is 1. The maximum Gasteiger partial charge on any atom is 0.259 e. The van der Waals surface area contributed by atoms with E-state index in [0.29, 0.717) is 30.5 Å². The van der Waals surface area contributed by atoms with E-state index in [2.05, 4.69) is 17.2 Å². The van der Waals surface area contributed by atoms with Crippen LogP contribution in [-0.2, 0) is 16.1 Å². The third-order valence-corrected chi connectivity index (χ3v) is 4.27. The predicted molar refractivity (Wildman–Crippen MR) is 91.0 cm³/mol. The lowest BCUT2D eigenvalue weighted by molar-refractivity contribution is -0.123. The van der Waals surface area contributed by atoms with E-state index in [-0.39, 0.29) is 18.4 Å². The molecule has 2 aromatic heterocycles. The van der Waals surface area contributed by atoms with Crippen LogP contribution in [0.1, 0.15) is 38.2 Å². The van der Waals surface area contributed by atoms with Crippen LogP contribution in [0.3, 0.4) is 0 Å². The quantitative estimate of drug-likeness (QED) is 0.762. The molecule has 126 valence electrons. The largest absolute Gasteiger partial charge is 0.396 e. The maximum absolute atomic E-state index is 12.4. The van der Waals surface area contributed by atoms with E-state index in [0.717, 1.165) is 29.4 Å². The molecule has 0 bridgehead atoms. The van der Waals surface area contributed by atoms with Crippen LogP contribution in [0.2, 0.25) is 0 Å². The first kappa shape index (κ1) is 16.4. The summed E-state index contributed by atoms with van der Waals surface area (Å²) in [5.74, 6) is -0.625. The summed E-state index contributed by atoms with van der Waals surface area (Å²) < 4.78 is 1.93. The average Bonchev–Trinajstić information content (AvgIpc) is 3.08. The topological polar surface area (TPSA) is 84.2 Å². The molecule has 2 N–H and O–H groups in total. The van der Waals surface area contributed by atoms with Crippen molar-refractivity contribution >= 4 is 28.4 Å². The van der Waals surface area contributed by atoms with Crippen LogP contribution >= 0.6 is 0 Å². The number of hydrogen-bond acceptors (Lipinski definition) is 4. The highest BCUT2D eigenvalue weighted by Gasteiger charge is 2.32. The molecule has 0 atom stereocenters. The summed E-state index contributed by atoms with van der Waals surface area (Å²) in [5.41, 5.74) is 2.53. The second-order valence-electron chi connectivity index (χ2n) is 5.93. The Morgan fingerprint density at radius 2 is 2.08 bits per heavy atom. The van der Waals surface area contributed by atoms with Gasteiger partial charge in [-0.25, -0.2) is 4.98 Å². The van der Waals surface area contributed by atoms with Gasteiger partial charge in [0.15, 0.2) is 0 Å². The molecular weight excluding hydrogens is 306 g/mol. The van der Waals surface area contributed by atoms with Crippen LogP contribution in [0.5, 0.6) is 0 Å². The second kappa shape index (κ2) is 6.97. The lowest BCUT2D eigenvalue weighted by Gasteiger charge is -2.02. The van der Waals surface area contributed by atoms with Crippen LogP contribution < -0.4 is 5.32 Å². The molecule has 0 spiro atoms. The van der Waals surface area contributed by atoms with Crippen molar-refractivity contribution in [1.29, 1.82) is 0 Å². The minimum Gasteiger partial charge on any atom is -0.396 e. The number of hydrogen-bond donors (Lipinski definition) is 2. The number of imide groups is 1. The number of nitrogens with one attached hydrogen (secondary N) is 1. The van der Waals surface area contributed by atoms with Crippen LogP contribution in [0.4, 0.5) is 0 Å². The minimum atomic E-state index is -0.337. The number of aromatic nitrogens is 2. The van der Waals surface area contributed by atoms with Gasteiger partial charge in [-0.15, -0.1) is 0 Å². The van der Waals surface area contributed by atoms with E-state index < -0.39 is 0 Å². The monoisotopic (exact) mass is 327 g/mol. The fourth-order valence-corrected chi connectivity index (χ4v) is 3.10. The highest BCUT2D eigenvalue weighted by molar-refractivity contribution is 6.37. The zero-order valence-electron chi connectivity index (χ0n) is 13.7. The number of amides is 2. The molecule has 3 heterocycles. The average molecular weight is 327 g/mol. The van der Waals surface area contributed by atoms with Crippen LogP contribution in [0.15, 0.2) is 30.1 Å². The van der Waals surface area contributed by atoms with E-state index in [1.165, 1.54) is 0 Å². The molecular formula is C18H21N3O3. The number of rotatable bonds is 7. The smallest absolute Gasteiger partial charge is 0.259 e. The summed E-state index contributed by atoms with van der Waals surface area (Å²) in [6, 6.07) is 3.73. The molecule has 0 unspecified atom stereocenters. The minimum absolute atomic E-state index is 0.0886. The molecule has 3 rings (SSSR count). The fourth-order valence-electron chi connectivity index (χ4n) is 3.10. The Morgan fingerprint density at radius 1 is 1.25 bits per heavy atom. The second-order valence-corrected chi connectivity index (χ2v) is 5.93. The Hall–Kier alpha value is -2.47. The number of aliphatic hydroxyl groups is 1. The summed E-state index contributed by atoms with van der Waals surface area (Å²) in [6.45, 7) is 2.75. The zero-order chi connectivity index (χ0) is 17.1. The Kier molecular flexibility index (Phi) is 4.76. The van der Waals surface area contributed by atoms with Gasteiger partial charge in [0, 0.05) is 42.1 Å². The van der Waals surface area contributed by atoms with E-state index >= 15 is 0 Å². The third-order valence-electron chi connectivity index (χ3n) is 4.27. The number of aryl methyl sites for hydroxylation is 1. The van der Waals surface area contributed by atoms with Gasteiger partial charge in [-0.2, -0.15) is 0 Å². The Morgan fingerprint density at radius 3 is 2.83 bits per heavy atom. The standard InChI is InChI=1S/C18H21N3O3/c1-2-3-6-13-15(18(24)20-17(13)23)14-11-21(9-5-10-22)16-12(14)7-4-8-19-16/h4,7-8,11,22H,2-3,5-6,9-10H2,1H3,(H,20,23,24). The van der Waals surface area contributed by atoms with Gasteiger partial charge in [0.05, 0.1) is 5.57 Å². The Balaban J connectivity index is 2.15. The number of fused-ring (bicyclic) bond motifs is 1. The molecule has 0 saturated carbocycles. The number of nitrogens with zero attached hydrogens (tertiary/aromatic N) is 2. The highest BCUT2D eigenvalue weighted by atomic mass is 16.3. The van der Waals surface area contributed by atoms with Gasteiger partial charge in [-0.05, 0) is 31.4 Å². The molecule has 0 aromatic carbocycles. The number of carbonyl (C=O) groups excluding carboxylic acids is 2. The number of carbonyl (C=O) groups is 2. The molecule has 1 aliphatic rings. The van der Waals surface area contributed by atoms with Crippen molar-refractivity contribution in [2.75, 3.05) is 6.61 Å². The van der Waals surface area contributed by atoms with Crippen LogP contribution in [0, 0.1) is 0 Å². The van der Waals surface area contributed by atoms with Gasteiger partial charge in [0.2, 0.25) is 0 Å². The lowest BCUT2D eigenvalue weighted by Crippen LogP contribution is -2.23. The molecule has 6 nitrogen and oxygen atoms in total. The molecule has 1 aliphatic heterocycles. The van der Waals surface area contributed by atoms with Crippen LogP contribution in [-0.4, -0.2) is 33.1 Å². The molecule has 0 saturated heterocycles. The molecule has 0 aliphatic carbocycles. The lowest BCUT2D eigenvalue weighted by atomic mass is 9.98. The Bertz CT molecular complexity index is 820. The number of unbranched alkanes of at least 4 members (excludes halogenated alkanes) is 1. The van der Waals surface area contributed by atoms with Crippen molar-refractivity contribution in [3.63, 3.8) is 0 Å². The normalized spacial score (nSPS) is 14.8. The predicted octanol–water partition coefficient (Wildman–Crippen LogP) is 2.02. The summed E-state index contributed by atoms with van der Waals surface area (Å²) in [7, 11) is 0. The van der Waals surface area contributed by atoms with E-state index in [1.54, 1.807) is 6.20 Å². The van der Waals surface area contributed by atoms with E-state index in [9.17, 15) is 9.59 Å². The van der Waals surface area contributed by atoms with Crippen LogP contribution in [0.25, 0.3) is 16.6 Å². The molecule has 2 amide bonds. The van der Waals surface area contributed by atoms with Gasteiger partial charge >= 0.3 is 0 Å². The molecule has 0 radical (unpaired) electrons. The maximum atomic E-state index is 12.4. The van der Waals surface area contributed by atoms with Crippen molar-refractivity contribution in [3.8, 4) is 0 Å². The molecule has 24 heavy (non-hydrogen) atoms. The third kappa shape index (κ3) is 2.85. The van der Waals surface area contributed by atoms with Crippen molar-refractivity contribution in [3.05, 3.63) is 35.7 Å². The summed E-state index contributed by atoms with van der Waals surface area (Å²) in [5, 5.41) is 12.4. The summed E-state index contributed by atoms with van der Waals surface area (Å²) >= 11 is 0. The fraction of sp³-hybridized carbons (Fsp3) is 0.389. The Labute approximate surface area is 140 Å². The first-order valence-corrected chi connectivity index (χ1v) is 8.31. The molecule has 6 heteroatoms. The van der Waals surface area contributed by atoms with Gasteiger partial charge in [-0.1, -0.05) is 13.3 Å². The number of pyridine rings is 1. The first-order valence-electron chi connectivity index (χ1n) is 8.31. The van der Waals surface area contributed by atoms with Gasteiger partial charge < -0.3 is 9.67 Å².